The van der Waals surface area contributed by atoms with Gasteiger partial charge in [-0.3, -0.25) is 0 Å². The molecule has 1 rings (SSSR count). The first-order valence-electron chi connectivity index (χ1n) is 3.44. The molecule has 0 aliphatic rings. The molecule has 1 aromatic heterocycles. The molecule has 1 N–H and O–H groups in total. The molecule has 0 aliphatic heterocycles. The fourth-order valence-electron chi connectivity index (χ4n) is 0.841. The number of allylic oxidation sites excluding steroid dienone is 1. The minimum atomic E-state index is 0.0729. The van der Waals surface area contributed by atoms with Crippen molar-refractivity contribution in [3.8, 4) is 0 Å². The SMILES string of the molecule is C=CC(C)(C)c1ccc[nH]1. The molecule has 10 heavy (non-hydrogen) atoms. The van der Waals surface area contributed by atoms with E-state index >= 15 is 0 Å². The molecule has 1 heteroatoms. The van der Waals surface area contributed by atoms with Crippen LogP contribution < -0.4 is 0 Å². The summed E-state index contributed by atoms with van der Waals surface area (Å²) in [7, 11) is 0. The second-order valence-corrected chi connectivity index (χ2v) is 3.01. The van der Waals surface area contributed by atoms with Crippen LogP contribution in [-0.2, 0) is 5.41 Å². The second-order valence-electron chi connectivity index (χ2n) is 3.01. The highest BCUT2D eigenvalue weighted by Gasteiger charge is 2.15. The van der Waals surface area contributed by atoms with Crippen molar-refractivity contribution in [2.24, 2.45) is 0 Å². The summed E-state index contributed by atoms with van der Waals surface area (Å²) in [5.41, 5.74) is 1.28. The fourth-order valence-corrected chi connectivity index (χ4v) is 0.841. The average Bonchev–Trinajstić information content (AvgIpc) is 2.38. The number of nitrogens with one attached hydrogen (secondary N) is 1. The Morgan fingerprint density at radius 3 is 2.70 bits per heavy atom. The molecule has 0 spiro atoms. The van der Waals surface area contributed by atoms with Crippen LogP contribution in [-0.4, -0.2) is 4.98 Å². The molecule has 0 unspecified atom stereocenters. The molecule has 0 saturated carbocycles. The minimum Gasteiger partial charge on any atom is -0.364 e. The molecule has 0 atom stereocenters. The van der Waals surface area contributed by atoms with Crippen LogP contribution in [0.1, 0.15) is 19.5 Å². The number of hydrogen-bond donors (Lipinski definition) is 1. The highest BCUT2D eigenvalue weighted by Crippen LogP contribution is 2.21. The number of hydrogen-bond acceptors (Lipinski definition) is 0. The predicted molar refractivity (Wildman–Crippen MR) is 44.0 cm³/mol. The van der Waals surface area contributed by atoms with Crippen molar-refractivity contribution in [1.82, 2.24) is 4.98 Å². The Hall–Kier alpha value is -0.980. The summed E-state index contributed by atoms with van der Waals surface area (Å²) in [5.74, 6) is 0. The second kappa shape index (κ2) is 2.33. The van der Waals surface area contributed by atoms with Crippen LogP contribution in [0.15, 0.2) is 31.0 Å². The van der Waals surface area contributed by atoms with Gasteiger partial charge in [0.15, 0.2) is 0 Å². The van der Waals surface area contributed by atoms with E-state index in [1.165, 1.54) is 5.69 Å². The van der Waals surface area contributed by atoms with Gasteiger partial charge in [0.1, 0.15) is 0 Å². The van der Waals surface area contributed by atoms with E-state index < -0.39 is 0 Å². The Labute approximate surface area is 61.8 Å². The van der Waals surface area contributed by atoms with Crippen molar-refractivity contribution < 1.29 is 0 Å². The molecule has 1 aromatic rings. The highest BCUT2D eigenvalue weighted by molar-refractivity contribution is 5.20. The van der Waals surface area contributed by atoms with Crippen molar-refractivity contribution in [1.29, 1.82) is 0 Å². The first kappa shape index (κ1) is 7.13. The summed E-state index contributed by atoms with van der Waals surface area (Å²) in [6, 6.07) is 4.07. The summed E-state index contributed by atoms with van der Waals surface area (Å²) in [4.78, 5) is 3.16. The average molecular weight is 135 g/mol. The lowest BCUT2D eigenvalue weighted by molar-refractivity contribution is 0.650. The third kappa shape index (κ3) is 1.13. The summed E-state index contributed by atoms with van der Waals surface area (Å²) in [5, 5.41) is 0. The van der Waals surface area contributed by atoms with Gasteiger partial charge in [0.05, 0.1) is 0 Å². The van der Waals surface area contributed by atoms with Gasteiger partial charge >= 0.3 is 0 Å². The van der Waals surface area contributed by atoms with E-state index in [2.05, 4.69) is 31.5 Å². The van der Waals surface area contributed by atoms with Crippen LogP contribution in [0.4, 0.5) is 0 Å². The van der Waals surface area contributed by atoms with Crippen molar-refractivity contribution in [3.63, 3.8) is 0 Å². The Morgan fingerprint density at radius 2 is 2.30 bits per heavy atom. The van der Waals surface area contributed by atoms with Crippen molar-refractivity contribution in [2.45, 2.75) is 19.3 Å². The minimum absolute atomic E-state index is 0.0729. The zero-order chi connectivity index (χ0) is 7.61. The van der Waals surface area contributed by atoms with Gasteiger partial charge in [0, 0.05) is 17.3 Å². The Kier molecular flexibility index (Phi) is 1.66. The molecule has 1 heterocycles. The Morgan fingerprint density at radius 1 is 1.60 bits per heavy atom. The predicted octanol–water partition coefficient (Wildman–Crippen LogP) is 2.48. The Balaban J connectivity index is 2.95. The first-order valence-corrected chi connectivity index (χ1v) is 3.44. The molecule has 1 nitrogen and oxygen atoms in total. The van der Waals surface area contributed by atoms with Gasteiger partial charge in [-0.1, -0.05) is 19.9 Å². The maximum absolute atomic E-state index is 3.77. The maximum atomic E-state index is 3.77. The number of aromatic nitrogens is 1. The lowest BCUT2D eigenvalue weighted by atomic mass is 9.90. The summed E-state index contributed by atoms with van der Waals surface area (Å²) in [6.07, 6.45) is 3.87. The molecular weight excluding hydrogens is 122 g/mol. The van der Waals surface area contributed by atoms with Gasteiger partial charge in [-0.2, -0.15) is 0 Å². The number of rotatable bonds is 2. The third-order valence-electron chi connectivity index (χ3n) is 1.80. The molecular formula is C9H13N. The first-order chi connectivity index (χ1) is 4.67. The monoisotopic (exact) mass is 135 g/mol. The van der Waals surface area contributed by atoms with Gasteiger partial charge in [0.2, 0.25) is 0 Å². The molecule has 0 amide bonds. The van der Waals surface area contributed by atoms with Crippen LogP contribution in [0.5, 0.6) is 0 Å². The third-order valence-corrected chi connectivity index (χ3v) is 1.80. The van der Waals surface area contributed by atoms with Crippen molar-refractivity contribution in [2.75, 3.05) is 0 Å². The normalized spacial score (nSPS) is 11.4. The van der Waals surface area contributed by atoms with E-state index in [4.69, 9.17) is 0 Å². The van der Waals surface area contributed by atoms with Crippen molar-refractivity contribution >= 4 is 0 Å². The zero-order valence-corrected chi connectivity index (χ0v) is 6.52. The lowest BCUT2D eigenvalue weighted by Crippen LogP contribution is -2.12. The Bertz CT molecular complexity index is 207. The van der Waals surface area contributed by atoms with Gasteiger partial charge in [-0.05, 0) is 12.1 Å². The van der Waals surface area contributed by atoms with Crippen LogP contribution in [0, 0.1) is 0 Å². The number of aromatic amines is 1. The molecule has 54 valence electrons. The number of H-pyrrole nitrogens is 1. The van der Waals surface area contributed by atoms with Crippen molar-refractivity contribution in [3.05, 3.63) is 36.7 Å². The molecule has 0 aromatic carbocycles. The molecule has 0 fully saturated rings. The topological polar surface area (TPSA) is 15.8 Å². The van der Waals surface area contributed by atoms with E-state index in [0.717, 1.165) is 0 Å². The summed E-state index contributed by atoms with van der Waals surface area (Å²) in [6.45, 7) is 8.03. The van der Waals surface area contributed by atoms with Gasteiger partial charge in [-0.25, -0.2) is 0 Å². The molecule has 0 aliphatic carbocycles. The van der Waals surface area contributed by atoms with Crippen LogP contribution in [0.3, 0.4) is 0 Å². The van der Waals surface area contributed by atoms with Crippen LogP contribution >= 0.6 is 0 Å². The smallest absolute Gasteiger partial charge is 0.0242 e. The van der Waals surface area contributed by atoms with E-state index in [1.807, 2.05) is 18.3 Å². The van der Waals surface area contributed by atoms with E-state index in [9.17, 15) is 0 Å². The van der Waals surface area contributed by atoms with E-state index in [1.54, 1.807) is 0 Å². The van der Waals surface area contributed by atoms with Crippen LogP contribution in [0.2, 0.25) is 0 Å². The zero-order valence-electron chi connectivity index (χ0n) is 6.52. The van der Waals surface area contributed by atoms with Crippen LogP contribution in [0.25, 0.3) is 0 Å². The molecule has 0 saturated heterocycles. The largest absolute Gasteiger partial charge is 0.364 e. The fraction of sp³-hybridized carbons (Fsp3) is 0.333. The molecule has 0 radical (unpaired) electrons. The van der Waals surface area contributed by atoms with Gasteiger partial charge in [-0.15, -0.1) is 6.58 Å². The highest BCUT2D eigenvalue weighted by atomic mass is 14.7. The lowest BCUT2D eigenvalue weighted by Gasteiger charge is -2.17. The van der Waals surface area contributed by atoms with E-state index in [-0.39, 0.29) is 5.41 Å². The standard InChI is InChI=1S/C9H13N/c1-4-9(2,3)8-6-5-7-10-8/h4-7,10H,1H2,2-3H3. The summed E-state index contributed by atoms with van der Waals surface area (Å²) >= 11 is 0. The maximum Gasteiger partial charge on any atom is 0.0242 e. The quantitative estimate of drug-likeness (QED) is 0.599. The summed E-state index contributed by atoms with van der Waals surface area (Å²) < 4.78 is 0. The van der Waals surface area contributed by atoms with Gasteiger partial charge < -0.3 is 4.98 Å². The van der Waals surface area contributed by atoms with Gasteiger partial charge in [0.25, 0.3) is 0 Å². The molecule has 0 bridgehead atoms. The van der Waals surface area contributed by atoms with E-state index in [0.29, 0.717) is 0 Å².